The van der Waals surface area contributed by atoms with Crippen LogP contribution in [0.2, 0.25) is 0 Å². The first-order valence-electron chi connectivity index (χ1n) is 11.0. The molecule has 0 aliphatic rings. The van der Waals surface area contributed by atoms with Crippen LogP contribution < -0.4 is 10.6 Å². The van der Waals surface area contributed by atoms with E-state index in [1.807, 2.05) is 45.9 Å². The van der Waals surface area contributed by atoms with Crippen molar-refractivity contribution in [2.75, 3.05) is 0 Å². The third-order valence-corrected chi connectivity index (χ3v) is 4.83. The highest BCUT2D eigenvalue weighted by Crippen LogP contribution is 2.26. The molecule has 0 aliphatic carbocycles. The molecule has 0 spiro atoms. The van der Waals surface area contributed by atoms with Gasteiger partial charge in [0.15, 0.2) is 0 Å². The number of ether oxygens (including phenoxy) is 1. The van der Waals surface area contributed by atoms with Gasteiger partial charge in [-0.2, -0.15) is 0 Å². The molecule has 1 aromatic rings. The normalized spacial score (nSPS) is 13.8. The Hall–Kier alpha value is -3.01. The van der Waals surface area contributed by atoms with Crippen molar-refractivity contribution < 1.29 is 19.1 Å². The summed E-state index contributed by atoms with van der Waals surface area (Å²) in [6, 6.07) is 5.94. The van der Waals surface area contributed by atoms with Gasteiger partial charge in [-0.25, -0.2) is 4.79 Å². The number of nitrogens with one attached hydrogen (secondary N) is 2. The van der Waals surface area contributed by atoms with E-state index in [-0.39, 0.29) is 11.9 Å². The van der Waals surface area contributed by atoms with Gasteiger partial charge in [0.1, 0.15) is 17.7 Å². The lowest BCUT2D eigenvalue weighted by Gasteiger charge is -2.31. The van der Waals surface area contributed by atoms with Gasteiger partial charge < -0.3 is 15.4 Å². The van der Waals surface area contributed by atoms with E-state index < -0.39 is 29.7 Å². The molecule has 0 fully saturated rings. The summed E-state index contributed by atoms with van der Waals surface area (Å²) in [6.45, 7) is 14.4. The molecule has 176 valence electrons. The summed E-state index contributed by atoms with van der Waals surface area (Å²) < 4.78 is 5.23. The minimum Gasteiger partial charge on any atom is -0.444 e. The summed E-state index contributed by atoms with van der Waals surface area (Å²) in [5.74, 6) is -0.946. The molecule has 0 radical (unpaired) electrons. The zero-order valence-corrected chi connectivity index (χ0v) is 20.5. The van der Waals surface area contributed by atoms with Crippen LogP contribution in [0.3, 0.4) is 0 Å². The summed E-state index contributed by atoms with van der Waals surface area (Å²) in [4.78, 5) is 39.7. The van der Waals surface area contributed by atoms with Gasteiger partial charge >= 0.3 is 6.09 Å². The number of aryl methyl sites for hydroxylation is 2. The molecule has 0 bridgehead atoms. The minimum atomic E-state index is -1.03. The van der Waals surface area contributed by atoms with E-state index in [2.05, 4.69) is 16.7 Å². The molecule has 0 heterocycles. The van der Waals surface area contributed by atoms with E-state index in [1.54, 1.807) is 20.8 Å². The maximum Gasteiger partial charge on any atom is 0.408 e. The van der Waals surface area contributed by atoms with Crippen molar-refractivity contribution in [3.8, 4) is 12.5 Å². The average molecular weight is 444 g/mol. The second kappa shape index (κ2) is 11.6. The number of terminal acetylenes is 1. The fourth-order valence-corrected chi connectivity index (χ4v) is 3.30. The van der Waals surface area contributed by atoms with Gasteiger partial charge in [-0.15, -0.1) is 0 Å². The first kappa shape index (κ1) is 27.0. The second-order valence-corrected chi connectivity index (χ2v) is 9.17. The van der Waals surface area contributed by atoms with Gasteiger partial charge in [0.05, 0.1) is 0 Å². The number of hydrogen-bond acceptors (Lipinski definition) is 4. The van der Waals surface area contributed by atoms with Crippen molar-refractivity contribution >= 4 is 17.9 Å². The van der Waals surface area contributed by atoms with Crippen LogP contribution in [0.5, 0.6) is 0 Å². The summed E-state index contributed by atoms with van der Waals surface area (Å²) in [6.07, 6.45) is 6.70. The lowest BCUT2D eigenvalue weighted by Crippen LogP contribution is -2.51. The van der Waals surface area contributed by atoms with Crippen LogP contribution in [0.4, 0.5) is 4.79 Å². The summed E-state index contributed by atoms with van der Waals surface area (Å²) in [5.41, 5.74) is 1.70. The molecule has 3 atom stereocenters. The Labute approximate surface area is 192 Å². The van der Waals surface area contributed by atoms with Crippen LogP contribution in [0.1, 0.15) is 77.1 Å². The highest BCUT2D eigenvalue weighted by molar-refractivity contribution is 5.93. The molecule has 0 saturated heterocycles. The van der Waals surface area contributed by atoms with Crippen LogP contribution in [0, 0.1) is 26.3 Å². The number of hydrogen-bond donors (Lipinski definition) is 2. The number of carbonyl (C=O) groups excluding carboxylic acids is 3. The first-order valence-corrected chi connectivity index (χ1v) is 11.0. The van der Waals surface area contributed by atoms with Crippen molar-refractivity contribution in [3.05, 3.63) is 34.9 Å². The minimum absolute atomic E-state index is 0.0767. The van der Waals surface area contributed by atoms with Crippen LogP contribution in [-0.4, -0.2) is 40.5 Å². The summed E-state index contributed by atoms with van der Waals surface area (Å²) >= 11 is 0. The van der Waals surface area contributed by atoms with Crippen LogP contribution >= 0.6 is 0 Å². The Bertz CT molecular complexity index is 867. The first-order chi connectivity index (χ1) is 14.8. The zero-order chi connectivity index (χ0) is 24.6. The third-order valence-electron chi connectivity index (χ3n) is 4.83. The zero-order valence-electron chi connectivity index (χ0n) is 20.5. The molecule has 2 N–H and O–H groups in total. The molecule has 1 rings (SSSR count). The third kappa shape index (κ3) is 7.92. The maximum atomic E-state index is 13.3. The molecule has 0 aromatic heterocycles. The van der Waals surface area contributed by atoms with Crippen molar-refractivity contribution in [1.29, 1.82) is 0 Å². The van der Waals surface area contributed by atoms with Gasteiger partial charge in [0, 0.05) is 12.1 Å². The van der Waals surface area contributed by atoms with Crippen LogP contribution in [0.15, 0.2) is 18.2 Å². The van der Waals surface area contributed by atoms with Crippen molar-refractivity contribution in [2.45, 2.75) is 92.0 Å². The Morgan fingerprint density at radius 2 is 1.78 bits per heavy atom. The SMILES string of the molecule is C#CN(C(=O)C(C)NC(=O)OC(C)(C)C)C(C(=O)NC(C)CCC)c1cc(C)ccc1C. The Morgan fingerprint density at radius 1 is 1.16 bits per heavy atom. The fourth-order valence-electron chi connectivity index (χ4n) is 3.30. The van der Waals surface area contributed by atoms with Gasteiger partial charge in [-0.3, -0.25) is 14.5 Å². The topological polar surface area (TPSA) is 87.7 Å². The summed E-state index contributed by atoms with van der Waals surface area (Å²) in [5, 5.41) is 5.47. The fraction of sp³-hybridized carbons (Fsp3) is 0.560. The number of benzene rings is 1. The molecular formula is C25H37N3O4. The van der Waals surface area contributed by atoms with E-state index in [0.717, 1.165) is 28.9 Å². The van der Waals surface area contributed by atoms with E-state index in [9.17, 15) is 14.4 Å². The lowest BCUT2D eigenvalue weighted by atomic mass is 9.96. The monoisotopic (exact) mass is 443 g/mol. The Morgan fingerprint density at radius 3 is 2.31 bits per heavy atom. The number of rotatable bonds is 8. The maximum absolute atomic E-state index is 13.3. The summed E-state index contributed by atoms with van der Waals surface area (Å²) in [7, 11) is 0. The van der Waals surface area contributed by atoms with Gasteiger partial charge in [-0.1, -0.05) is 43.5 Å². The van der Waals surface area contributed by atoms with Crippen molar-refractivity contribution in [3.63, 3.8) is 0 Å². The van der Waals surface area contributed by atoms with E-state index in [4.69, 9.17) is 11.2 Å². The predicted molar refractivity (Wildman–Crippen MR) is 126 cm³/mol. The number of alkyl carbamates (subject to hydrolysis) is 1. The molecule has 1 aromatic carbocycles. The molecule has 32 heavy (non-hydrogen) atoms. The van der Waals surface area contributed by atoms with Gasteiger partial charge in [0.25, 0.3) is 5.91 Å². The smallest absolute Gasteiger partial charge is 0.408 e. The van der Waals surface area contributed by atoms with Gasteiger partial charge in [-0.05, 0) is 66.0 Å². The average Bonchev–Trinajstić information content (AvgIpc) is 2.66. The molecule has 7 heteroatoms. The Balaban J connectivity index is 3.28. The molecular weight excluding hydrogens is 406 g/mol. The number of amides is 3. The Kier molecular flexibility index (Phi) is 9.77. The second-order valence-electron chi connectivity index (χ2n) is 9.17. The van der Waals surface area contributed by atoms with Crippen molar-refractivity contribution in [1.82, 2.24) is 15.5 Å². The number of nitrogens with zero attached hydrogens (tertiary/aromatic N) is 1. The van der Waals surface area contributed by atoms with E-state index in [1.165, 1.54) is 6.92 Å². The quantitative estimate of drug-likeness (QED) is 0.470. The highest BCUT2D eigenvalue weighted by atomic mass is 16.6. The van der Waals surface area contributed by atoms with Crippen molar-refractivity contribution in [2.24, 2.45) is 0 Å². The standard InChI is InChI=1S/C25H37N3O4/c1-10-12-18(5)26-22(29)21(20-15-16(3)13-14-17(20)4)28(11-2)23(30)19(6)27-24(31)32-25(7,8)9/h2,13-15,18-19,21H,10,12H2,1,3-9H3,(H,26,29)(H,27,31). The van der Waals surface area contributed by atoms with E-state index >= 15 is 0 Å². The molecule has 0 aliphatic heterocycles. The molecule has 0 saturated carbocycles. The largest absolute Gasteiger partial charge is 0.444 e. The lowest BCUT2D eigenvalue weighted by molar-refractivity contribution is -0.138. The molecule has 3 unspecified atom stereocenters. The number of carbonyl (C=O) groups is 3. The highest BCUT2D eigenvalue weighted by Gasteiger charge is 2.35. The predicted octanol–water partition coefficient (Wildman–Crippen LogP) is 3.98. The van der Waals surface area contributed by atoms with E-state index in [0.29, 0.717) is 5.56 Å². The van der Waals surface area contributed by atoms with Crippen LogP contribution in [-0.2, 0) is 14.3 Å². The van der Waals surface area contributed by atoms with Crippen LogP contribution in [0.25, 0.3) is 0 Å². The molecule has 7 nitrogen and oxygen atoms in total. The molecule has 3 amide bonds. The van der Waals surface area contributed by atoms with Gasteiger partial charge in [0.2, 0.25) is 5.91 Å².